The van der Waals surface area contributed by atoms with E-state index in [-0.39, 0.29) is 0 Å². The molecule has 9 rings (SSSR count). The Hall–Kier alpha value is -5.55. The first-order valence-electron chi connectivity index (χ1n) is 13.8. The van der Waals surface area contributed by atoms with Crippen LogP contribution in [0, 0.1) is 6.92 Å². The predicted molar refractivity (Wildman–Crippen MR) is 168 cm³/mol. The van der Waals surface area contributed by atoms with E-state index >= 15 is 0 Å². The van der Waals surface area contributed by atoms with Crippen molar-refractivity contribution in [3.8, 4) is 11.4 Å². The van der Waals surface area contributed by atoms with Crippen molar-refractivity contribution in [1.29, 1.82) is 0 Å². The maximum absolute atomic E-state index is 6.72. The van der Waals surface area contributed by atoms with E-state index in [1.54, 1.807) is 0 Å². The first-order chi connectivity index (χ1) is 20.2. The Morgan fingerprint density at radius 2 is 1.34 bits per heavy atom. The Bertz CT molecular complexity index is 2520. The van der Waals surface area contributed by atoms with Gasteiger partial charge in [0.1, 0.15) is 5.58 Å². The van der Waals surface area contributed by atoms with Crippen LogP contribution in [0.15, 0.2) is 120 Å². The summed E-state index contributed by atoms with van der Waals surface area (Å²) in [5, 5.41) is 3.32. The Labute approximate surface area is 234 Å². The minimum atomic E-state index is 0.843. The molecule has 194 valence electrons. The van der Waals surface area contributed by atoms with Crippen LogP contribution in [-0.4, -0.2) is 18.5 Å². The van der Waals surface area contributed by atoms with Crippen molar-refractivity contribution in [2.45, 2.75) is 6.92 Å². The molecule has 0 amide bonds. The summed E-state index contributed by atoms with van der Waals surface area (Å²) < 4.78 is 13.5. The number of benzene rings is 5. The number of nitrogens with zero attached hydrogens (tertiary/aromatic N) is 4. The molecule has 0 aliphatic rings. The number of hydrogen-bond acceptors (Lipinski definition) is 2. The van der Waals surface area contributed by atoms with Gasteiger partial charge in [-0.25, -0.2) is 4.98 Å². The Morgan fingerprint density at radius 1 is 0.659 bits per heavy atom. The highest BCUT2D eigenvalue weighted by atomic mass is 16.3. The summed E-state index contributed by atoms with van der Waals surface area (Å²) in [6, 6.07) is 38.0. The second-order valence-corrected chi connectivity index (χ2v) is 10.5. The highest BCUT2D eigenvalue weighted by Crippen LogP contribution is 2.40. The first kappa shape index (κ1) is 22.3. The van der Waals surface area contributed by atoms with Gasteiger partial charge in [0.25, 0.3) is 0 Å². The summed E-state index contributed by atoms with van der Waals surface area (Å²) in [4.78, 5) is 5.10. The van der Waals surface area contributed by atoms with Gasteiger partial charge in [-0.3, -0.25) is 8.97 Å². The Morgan fingerprint density at radius 3 is 2.20 bits per heavy atom. The summed E-state index contributed by atoms with van der Waals surface area (Å²) in [5.41, 5.74) is 11.5. The third-order valence-corrected chi connectivity index (χ3v) is 8.43. The second-order valence-electron chi connectivity index (χ2n) is 10.5. The summed E-state index contributed by atoms with van der Waals surface area (Å²) in [7, 11) is 0. The van der Waals surface area contributed by atoms with Crippen molar-refractivity contribution in [3.05, 3.63) is 127 Å². The van der Waals surface area contributed by atoms with Crippen LogP contribution in [0.3, 0.4) is 0 Å². The molecule has 0 fully saturated rings. The molecule has 0 atom stereocenters. The van der Waals surface area contributed by atoms with E-state index in [2.05, 4.69) is 130 Å². The molecule has 0 saturated carbocycles. The third-order valence-electron chi connectivity index (χ3n) is 8.43. The number of para-hydroxylation sites is 6. The topological polar surface area (TPSA) is 40.3 Å². The lowest BCUT2D eigenvalue weighted by molar-refractivity contribution is 0.665. The van der Waals surface area contributed by atoms with Gasteiger partial charge in [0.05, 0.1) is 44.3 Å². The number of hydrogen-bond donors (Lipinski definition) is 0. The summed E-state index contributed by atoms with van der Waals surface area (Å²) in [6.07, 6.45) is 1.95. The van der Waals surface area contributed by atoms with Crippen LogP contribution in [0.4, 0.5) is 0 Å². The van der Waals surface area contributed by atoms with Crippen molar-refractivity contribution < 1.29 is 4.42 Å². The first-order valence-corrected chi connectivity index (χ1v) is 13.8. The third kappa shape index (κ3) is 2.82. The van der Waals surface area contributed by atoms with Gasteiger partial charge in [-0.1, -0.05) is 73.3 Å². The molecule has 41 heavy (non-hydrogen) atoms. The Balaban J connectivity index is 1.41. The van der Waals surface area contributed by atoms with Gasteiger partial charge in [0.2, 0.25) is 5.78 Å². The molecule has 0 aliphatic heterocycles. The smallest absolute Gasteiger partial charge is 0.220 e. The van der Waals surface area contributed by atoms with Crippen LogP contribution in [0.25, 0.3) is 78.1 Å². The second kappa shape index (κ2) is 7.99. The lowest BCUT2D eigenvalue weighted by Crippen LogP contribution is -1.97. The zero-order valence-electron chi connectivity index (χ0n) is 22.4. The highest BCUT2D eigenvalue weighted by Gasteiger charge is 2.22. The van der Waals surface area contributed by atoms with Crippen molar-refractivity contribution in [2.75, 3.05) is 0 Å². The largest absolute Gasteiger partial charge is 0.454 e. The zero-order chi connectivity index (χ0) is 27.2. The average molecular weight is 529 g/mol. The zero-order valence-corrected chi connectivity index (χ0v) is 22.4. The fraction of sp³-hybridized carbons (Fsp3) is 0.0278. The number of fused-ring (bicyclic) bond motifs is 9. The maximum Gasteiger partial charge on any atom is 0.220 e. The number of imidazole rings is 2. The van der Waals surface area contributed by atoms with Crippen LogP contribution in [0.2, 0.25) is 0 Å². The molecule has 0 saturated heterocycles. The SMILES string of the molecule is C=Cc1c(C)n(-c2cccc3c2oc2cccc(-n4c5ccccc5n5c6ccccc6nc45)c23)c2ccccc12. The molecule has 0 radical (unpaired) electrons. The maximum atomic E-state index is 6.72. The van der Waals surface area contributed by atoms with E-state index in [4.69, 9.17) is 9.40 Å². The van der Waals surface area contributed by atoms with E-state index in [0.717, 1.165) is 77.9 Å². The van der Waals surface area contributed by atoms with Crippen LogP contribution < -0.4 is 0 Å². The van der Waals surface area contributed by atoms with Crippen molar-refractivity contribution >= 4 is 66.8 Å². The molecule has 0 bridgehead atoms. The Kier molecular flexibility index (Phi) is 4.34. The van der Waals surface area contributed by atoms with Crippen molar-refractivity contribution in [3.63, 3.8) is 0 Å². The minimum absolute atomic E-state index is 0.843. The van der Waals surface area contributed by atoms with Gasteiger partial charge in [0.15, 0.2) is 5.58 Å². The minimum Gasteiger partial charge on any atom is -0.454 e. The molecule has 4 heterocycles. The molecule has 9 aromatic rings. The standard InChI is InChI=1S/C36H24N4O/c1-3-23-22(2)38(27-15-6-4-12-24(23)27)32-20-10-13-25-34-31(19-11-21-33(34)41-35(25)32)40-30-18-9-8-17-29(30)39-28-16-7-5-14-26(28)37-36(39)40/h3-21H,1H2,2H3. The molecule has 5 nitrogen and oxygen atoms in total. The van der Waals surface area contributed by atoms with E-state index in [1.807, 2.05) is 12.1 Å². The number of rotatable bonds is 3. The van der Waals surface area contributed by atoms with Crippen LogP contribution in [0.5, 0.6) is 0 Å². The molecular weight excluding hydrogens is 504 g/mol. The molecule has 0 unspecified atom stereocenters. The summed E-state index contributed by atoms with van der Waals surface area (Å²) >= 11 is 0. The van der Waals surface area contributed by atoms with Gasteiger partial charge >= 0.3 is 0 Å². The normalized spacial score (nSPS) is 12.1. The molecule has 0 N–H and O–H groups in total. The van der Waals surface area contributed by atoms with E-state index < -0.39 is 0 Å². The lowest BCUT2D eigenvalue weighted by Gasteiger charge is -2.10. The lowest BCUT2D eigenvalue weighted by atomic mass is 10.1. The number of aromatic nitrogens is 4. The van der Waals surface area contributed by atoms with E-state index in [0.29, 0.717) is 0 Å². The van der Waals surface area contributed by atoms with Crippen LogP contribution >= 0.6 is 0 Å². The monoisotopic (exact) mass is 528 g/mol. The van der Waals surface area contributed by atoms with E-state index in [9.17, 15) is 0 Å². The van der Waals surface area contributed by atoms with E-state index in [1.165, 1.54) is 5.39 Å². The van der Waals surface area contributed by atoms with Crippen LogP contribution in [-0.2, 0) is 0 Å². The van der Waals surface area contributed by atoms with Gasteiger partial charge in [0, 0.05) is 22.0 Å². The fourth-order valence-electron chi connectivity index (χ4n) is 6.73. The fourth-order valence-corrected chi connectivity index (χ4v) is 6.73. The number of furan rings is 1. The summed E-state index contributed by atoms with van der Waals surface area (Å²) in [6.45, 7) is 6.25. The predicted octanol–water partition coefficient (Wildman–Crippen LogP) is 9.23. The molecule has 4 aromatic heterocycles. The molecular formula is C36H24N4O. The molecule has 0 spiro atoms. The van der Waals surface area contributed by atoms with Crippen LogP contribution in [0.1, 0.15) is 11.3 Å². The highest BCUT2D eigenvalue weighted by molar-refractivity contribution is 6.13. The van der Waals surface area contributed by atoms with Crippen molar-refractivity contribution in [2.24, 2.45) is 0 Å². The average Bonchev–Trinajstić information content (AvgIpc) is 3.73. The summed E-state index contributed by atoms with van der Waals surface area (Å²) in [5.74, 6) is 0.883. The molecule has 5 heteroatoms. The van der Waals surface area contributed by atoms with Gasteiger partial charge in [-0.05, 0) is 55.5 Å². The van der Waals surface area contributed by atoms with Gasteiger partial charge < -0.3 is 8.98 Å². The quantitative estimate of drug-likeness (QED) is 0.229. The van der Waals surface area contributed by atoms with Crippen molar-refractivity contribution in [1.82, 2.24) is 18.5 Å². The van der Waals surface area contributed by atoms with Gasteiger partial charge in [-0.15, -0.1) is 0 Å². The van der Waals surface area contributed by atoms with Gasteiger partial charge in [-0.2, -0.15) is 0 Å². The molecule has 0 aliphatic carbocycles. The molecule has 5 aromatic carbocycles.